The molecule has 122 valence electrons. The van der Waals surface area contributed by atoms with Crippen molar-refractivity contribution in [1.29, 1.82) is 0 Å². The molecule has 0 aromatic heterocycles. The van der Waals surface area contributed by atoms with Crippen LogP contribution < -0.4 is 10.6 Å². The van der Waals surface area contributed by atoms with Crippen LogP contribution in [0.5, 0.6) is 0 Å². The highest BCUT2D eigenvalue weighted by atomic mass is 16.5. The van der Waals surface area contributed by atoms with Crippen molar-refractivity contribution < 1.29 is 9.84 Å². The van der Waals surface area contributed by atoms with Crippen molar-refractivity contribution in [2.24, 2.45) is 10.8 Å². The smallest absolute Gasteiger partial charge is 0.0501 e. The van der Waals surface area contributed by atoms with E-state index < -0.39 is 0 Å². The monoisotopic (exact) mass is 296 g/mol. The molecule has 0 aromatic rings. The molecule has 3 fully saturated rings. The van der Waals surface area contributed by atoms with E-state index in [2.05, 4.69) is 10.6 Å². The molecule has 2 heterocycles. The zero-order chi connectivity index (χ0) is 14.6. The maximum Gasteiger partial charge on any atom is 0.0501 e. The molecule has 21 heavy (non-hydrogen) atoms. The topological polar surface area (TPSA) is 53.5 Å². The molecule has 4 nitrogen and oxygen atoms in total. The van der Waals surface area contributed by atoms with Gasteiger partial charge in [0.1, 0.15) is 0 Å². The molecule has 3 rings (SSSR count). The summed E-state index contributed by atoms with van der Waals surface area (Å²) in [5, 5.41) is 17.0. The normalized spacial score (nSPS) is 29.6. The number of ether oxygens (including phenoxy) is 1. The van der Waals surface area contributed by atoms with Gasteiger partial charge in [-0.15, -0.1) is 0 Å². The highest BCUT2D eigenvalue weighted by molar-refractivity contribution is 4.92. The zero-order valence-corrected chi connectivity index (χ0v) is 13.3. The number of rotatable bonds is 4. The molecule has 0 bridgehead atoms. The summed E-state index contributed by atoms with van der Waals surface area (Å²) >= 11 is 0. The molecular formula is C17H32N2O2. The van der Waals surface area contributed by atoms with Crippen molar-refractivity contribution in [2.45, 2.75) is 57.4 Å². The van der Waals surface area contributed by atoms with Crippen LogP contribution in [0.4, 0.5) is 0 Å². The minimum atomic E-state index is 0.0716. The highest BCUT2D eigenvalue weighted by Crippen LogP contribution is 2.43. The van der Waals surface area contributed by atoms with Crippen LogP contribution in [0.15, 0.2) is 0 Å². The van der Waals surface area contributed by atoms with Crippen molar-refractivity contribution in [2.75, 3.05) is 39.5 Å². The van der Waals surface area contributed by atoms with Gasteiger partial charge in [-0.1, -0.05) is 0 Å². The van der Waals surface area contributed by atoms with Gasteiger partial charge in [0.2, 0.25) is 0 Å². The Balaban J connectivity index is 1.44. The number of nitrogens with one attached hydrogen (secondary N) is 2. The van der Waals surface area contributed by atoms with Crippen LogP contribution in [0.25, 0.3) is 0 Å². The molecule has 3 N–H and O–H groups in total. The van der Waals surface area contributed by atoms with Gasteiger partial charge in [-0.2, -0.15) is 0 Å². The van der Waals surface area contributed by atoms with Crippen LogP contribution in [-0.4, -0.2) is 50.6 Å². The lowest BCUT2D eigenvalue weighted by Crippen LogP contribution is -2.48. The number of hydrogen-bond acceptors (Lipinski definition) is 4. The Hall–Kier alpha value is -0.160. The van der Waals surface area contributed by atoms with Crippen LogP contribution in [0.3, 0.4) is 0 Å². The van der Waals surface area contributed by atoms with E-state index in [0.717, 1.165) is 32.6 Å². The van der Waals surface area contributed by atoms with E-state index in [1.165, 1.54) is 51.6 Å². The fourth-order valence-electron chi connectivity index (χ4n) is 4.45. The Morgan fingerprint density at radius 1 is 1.00 bits per heavy atom. The molecule has 4 heteroatoms. The summed E-state index contributed by atoms with van der Waals surface area (Å²) < 4.78 is 5.45. The molecular weight excluding hydrogens is 264 g/mol. The Morgan fingerprint density at radius 2 is 1.67 bits per heavy atom. The van der Waals surface area contributed by atoms with Gasteiger partial charge in [0, 0.05) is 31.2 Å². The molecule has 3 aliphatic rings. The van der Waals surface area contributed by atoms with Gasteiger partial charge in [0.25, 0.3) is 0 Å². The lowest BCUT2D eigenvalue weighted by molar-refractivity contribution is -0.0180. The van der Waals surface area contributed by atoms with Crippen LogP contribution >= 0.6 is 0 Å². The standard InChI is InChI=1S/C17H32N2O2/c20-14-17(7-11-21-12-8-17)13-19-15-1-3-16(4-2-15)5-9-18-10-6-16/h15,18-20H,1-14H2. The maximum atomic E-state index is 9.77. The van der Waals surface area contributed by atoms with Gasteiger partial charge >= 0.3 is 0 Å². The summed E-state index contributed by atoms with van der Waals surface area (Å²) in [4.78, 5) is 0. The van der Waals surface area contributed by atoms with Gasteiger partial charge in [-0.3, -0.25) is 0 Å². The average molecular weight is 296 g/mol. The van der Waals surface area contributed by atoms with E-state index in [9.17, 15) is 5.11 Å². The summed E-state index contributed by atoms with van der Waals surface area (Å²) in [6.07, 6.45) is 10.2. The third kappa shape index (κ3) is 3.79. The molecule has 0 aromatic carbocycles. The first-order valence-corrected chi connectivity index (χ1v) is 8.89. The summed E-state index contributed by atoms with van der Waals surface area (Å²) in [6.45, 7) is 5.31. The molecule has 1 aliphatic carbocycles. The SMILES string of the molecule is OCC1(CNC2CCC3(CCNCC3)CC2)CCOCC1. The predicted octanol–water partition coefficient (Wildman–Crippen LogP) is 1.68. The van der Waals surface area contributed by atoms with E-state index in [4.69, 9.17) is 4.74 Å². The minimum Gasteiger partial charge on any atom is -0.396 e. The van der Waals surface area contributed by atoms with Crippen molar-refractivity contribution in [3.8, 4) is 0 Å². The van der Waals surface area contributed by atoms with Crippen molar-refractivity contribution in [3.63, 3.8) is 0 Å². The Kier molecular flexibility index (Phi) is 5.20. The summed E-state index contributed by atoms with van der Waals surface area (Å²) in [6, 6.07) is 0.664. The largest absolute Gasteiger partial charge is 0.396 e. The first kappa shape index (κ1) is 15.7. The predicted molar refractivity (Wildman–Crippen MR) is 84.4 cm³/mol. The molecule has 0 amide bonds. The second-order valence-electron chi connectivity index (χ2n) is 7.68. The first-order chi connectivity index (χ1) is 10.3. The molecule has 0 radical (unpaired) electrons. The summed E-state index contributed by atoms with van der Waals surface area (Å²) in [5.41, 5.74) is 0.721. The number of hydrogen-bond donors (Lipinski definition) is 3. The third-order valence-corrected chi connectivity index (χ3v) is 6.37. The number of aliphatic hydroxyl groups excluding tert-OH is 1. The van der Waals surface area contributed by atoms with Crippen LogP contribution in [0.2, 0.25) is 0 Å². The lowest BCUT2D eigenvalue weighted by Gasteiger charge is -2.44. The highest BCUT2D eigenvalue weighted by Gasteiger charge is 2.37. The van der Waals surface area contributed by atoms with Crippen molar-refractivity contribution >= 4 is 0 Å². The third-order valence-electron chi connectivity index (χ3n) is 6.37. The summed E-state index contributed by atoms with van der Waals surface area (Å²) in [5.74, 6) is 0. The van der Waals surface area contributed by atoms with Gasteiger partial charge in [0.05, 0.1) is 6.61 Å². The Labute approximate surface area is 129 Å². The van der Waals surface area contributed by atoms with Crippen LogP contribution in [0.1, 0.15) is 51.4 Å². The molecule has 2 aliphatic heterocycles. The molecule has 2 saturated heterocycles. The number of piperidine rings is 1. The second-order valence-corrected chi connectivity index (χ2v) is 7.68. The van der Waals surface area contributed by atoms with Gasteiger partial charge in [-0.25, -0.2) is 0 Å². The van der Waals surface area contributed by atoms with Gasteiger partial charge < -0.3 is 20.5 Å². The lowest BCUT2D eigenvalue weighted by atomic mass is 9.67. The van der Waals surface area contributed by atoms with E-state index >= 15 is 0 Å². The summed E-state index contributed by atoms with van der Waals surface area (Å²) in [7, 11) is 0. The molecule has 0 unspecified atom stereocenters. The van der Waals surface area contributed by atoms with Crippen LogP contribution in [-0.2, 0) is 4.74 Å². The van der Waals surface area contributed by atoms with E-state index in [1.807, 2.05) is 0 Å². The van der Waals surface area contributed by atoms with E-state index in [0.29, 0.717) is 18.1 Å². The zero-order valence-electron chi connectivity index (χ0n) is 13.3. The Morgan fingerprint density at radius 3 is 2.29 bits per heavy atom. The Bertz CT molecular complexity index is 313. The molecule has 0 atom stereocenters. The number of aliphatic hydroxyl groups is 1. The van der Waals surface area contributed by atoms with E-state index in [-0.39, 0.29) is 5.41 Å². The van der Waals surface area contributed by atoms with Crippen molar-refractivity contribution in [1.82, 2.24) is 10.6 Å². The fourth-order valence-corrected chi connectivity index (χ4v) is 4.45. The quantitative estimate of drug-likeness (QED) is 0.739. The fraction of sp³-hybridized carbons (Fsp3) is 1.00. The maximum absolute atomic E-state index is 9.77. The molecule has 1 spiro atoms. The first-order valence-electron chi connectivity index (χ1n) is 8.89. The van der Waals surface area contributed by atoms with Crippen molar-refractivity contribution in [3.05, 3.63) is 0 Å². The second kappa shape index (κ2) is 6.95. The minimum absolute atomic E-state index is 0.0716. The van der Waals surface area contributed by atoms with Gasteiger partial charge in [0.15, 0.2) is 0 Å². The van der Waals surface area contributed by atoms with E-state index in [1.54, 1.807) is 0 Å². The molecule has 1 saturated carbocycles. The average Bonchev–Trinajstić information content (AvgIpc) is 2.56. The van der Waals surface area contributed by atoms with Crippen LogP contribution in [0, 0.1) is 10.8 Å². The van der Waals surface area contributed by atoms with Gasteiger partial charge in [-0.05, 0) is 69.9 Å².